The van der Waals surface area contributed by atoms with Crippen LogP contribution in [0.5, 0.6) is 0 Å². The molecule has 1 atom stereocenters. The van der Waals surface area contributed by atoms with E-state index in [1.807, 2.05) is 24.4 Å². The van der Waals surface area contributed by atoms with E-state index >= 15 is 0 Å². The number of aliphatic imine (C=N–C) groups is 1. The molecular formula is C23H34IN5O2. The molecule has 31 heavy (non-hydrogen) atoms. The molecule has 0 bridgehead atoms. The second-order valence-electron chi connectivity index (χ2n) is 8.10. The van der Waals surface area contributed by atoms with Crippen molar-refractivity contribution in [1.29, 1.82) is 0 Å². The van der Waals surface area contributed by atoms with Crippen LogP contribution in [0.3, 0.4) is 0 Å². The van der Waals surface area contributed by atoms with Gasteiger partial charge >= 0.3 is 0 Å². The van der Waals surface area contributed by atoms with E-state index in [0.717, 1.165) is 82.3 Å². The maximum Gasteiger partial charge on any atom is 0.191 e. The van der Waals surface area contributed by atoms with Gasteiger partial charge in [0.1, 0.15) is 5.76 Å². The number of hydrogen-bond donors (Lipinski definition) is 2. The molecule has 2 saturated heterocycles. The van der Waals surface area contributed by atoms with Crippen LogP contribution < -0.4 is 10.6 Å². The number of furan rings is 1. The third kappa shape index (κ3) is 8.08. The SMILES string of the molecule is I.c1ccc(CN2CCC(NC(=NCC3CCCO3)NCCc3ccco3)CC2)nc1. The summed E-state index contributed by atoms with van der Waals surface area (Å²) in [6.07, 6.45) is 9.15. The normalized spacial score (nSPS) is 20.4. The lowest BCUT2D eigenvalue weighted by Gasteiger charge is -2.33. The van der Waals surface area contributed by atoms with Gasteiger partial charge < -0.3 is 19.8 Å². The number of nitrogens with one attached hydrogen (secondary N) is 2. The van der Waals surface area contributed by atoms with Gasteiger partial charge in [0.15, 0.2) is 5.96 Å². The summed E-state index contributed by atoms with van der Waals surface area (Å²) >= 11 is 0. The Morgan fingerprint density at radius 3 is 2.77 bits per heavy atom. The van der Waals surface area contributed by atoms with Gasteiger partial charge in [0, 0.05) is 51.4 Å². The molecule has 8 heteroatoms. The third-order valence-corrected chi connectivity index (χ3v) is 5.76. The van der Waals surface area contributed by atoms with Crippen molar-refractivity contribution in [2.75, 3.05) is 32.8 Å². The van der Waals surface area contributed by atoms with Crippen LogP contribution in [0.25, 0.3) is 0 Å². The van der Waals surface area contributed by atoms with Gasteiger partial charge in [0.25, 0.3) is 0 Å². The zero-order valence-corrected chi connectivity index (χ0v) is 20.4. The zero-order chi connectivity index (χ0) is 20.4. The summed E-state index contributed by atoms with van der Waals surface area (Å²) in [7, 11) is 0. The number of piperidine rings is 1. The summed E-state index contributed by atoms with van der Waals surface area (Å²) in [6.45, 7) is 5.44. The molecule has 2 fully saturated rings. The highest BCUT2D eigenvalue weighted by Crippen LogP contribution is 2.14. The van der Waals surface area contributed by atoms with Crippen molar-refractivity contribution in [3.05, 3.63) is 54.2 Å². The Bertz CT molecular complexity index is 758. The van der Waals surface area contributed by atoms with Crippen molar-refractivity contribution >= 4 is 29.9 Å². The van der Waals surface area contributed by atoms with Crippen molar-refractivity contribution in [3.8, 4) is 0 Å². The summed E-state index contributed by atoms with van der Waals surface area (Å²) in [5.41, 5.74) is 1.14. The fourth-order valence-electron chi connectivity index (χ4n) is 4.04. The van der Waals surface area contributed by atoms with Crippen molar-refractivity contribution in [2.45, 2.75) is 50.8 Å². The fourth-order valence-corrected chi connectivity index (χ4v) is 4.04. The van der Waals surface area contributed by atoms with Crippen molar-refractivity contribution in [2.24, 2.45) is 4.99 Å². The second kappa shape index (κ2) is 13.0. The minimum atomic E-state index is 0. The maximum atomic E-state index is 5.74. The quantitative estimate of drug-likeness (QED) is 0.305. The molecule has 0 spiro atoms. The Morgan fingerprint density at radius 1 is 1.16 bits per heavy atom. The van der Waals surface area contributed by atoms with Crippen molar-refractivity contribution in [3.63, 3.8) is 0 Å². The van der Waals surface area contributed by atoms with E-state index in [1.165, 1.54) is 0 Å². The number of guanidine groups is 1. The lowest BCUT2D eigenvalue weighted by atomic mass is 10.0. The number of aromatic nitrogens is 1. The standard InChI is InChI=1S/C23H33N5O2.HI/c1-2-11-24-20(5-1)18-28-13-9-19(10-14-28)27-23(26-17-22-7-4-16-30-22)25-12-8-21-6-3-15-29-21;/h1-3,5-6,11,15,19,22H,4,7-10,12-14,16-18H2,(H2,25,26,27);1H. The lowest BCUT2D eigenvalue weighted by molar-refractivity contribution is 0.117. The van der Waals surface area contributed by atoms with Gasteiger partial charge in [0.05, 0.1) is 24.6 Å². The molecule has 2 aromatic heterocycles. The molecule has 2 aromatic rings. The van der Waals surface area contributed by atoms with E-state index in [9.17, 15) is 0 Å². The van der Waals surface area contributed by atoms with E-state index in [1.54, 1.807) is 6.26 Å². The Morgan fingerprint density at radius 2 is 2.06 bits per heavy atom. The number of nitrogens with zero attached hydrogens (tertiary/aromatic N) is 3. The predicted octanol–water partition coefficient (Wildman–Crippen LogP) is 3.21. The molecule has 4 heterocycles. The van der Waals surface area contributed by atoms with E-state index in [-0.39, 0.29) is 30.1 Å². The molecule has 0 aromatic carbocycles. The molecule has 2 aliphatic heterocycles. The molecule has 2 aliphatic rings. The first-order chi connectivity index (χ1) is 14.8. The number of ether oxygens (including phenoxy) is 1. The number of halogens is 1. The van der Waals surface area contributed by atoms with Crippen molar-refractivity contribution in [1.82, 2.24) is 20.5 Å². The Hall–Kier alpha value is -1.65. The lowest BCUT2D eigenvalue weighted by Crippen LogP contribution is -2.49. The van der Waals surface area contributed by atoms with Crippen LogP contribution in [0.2, 0.25) is 0 Å². The van der Waals surface area contributed by atoms with E-state index < -0.39 is 0 Å². The van der Waals surface area contributed by atoms with Crippen LogP contribution in [-0.4, -0.2) is 60.8 Å². The molecule has 170 valence electrons. The average Bonchev–Trinajstić information content (AvgIpc) is 3.48. The summed E-state index contributed by atoms with van der Waals surface area (Å²) in [4.78, 5) is 11.8. The number of pyridine rings is 1. The Labute approximate surface area is 202 Å². The zero-order valence-electron chi connectivity index (χ0n) is 18.0. The van der Waals surface area contributed by atoms with Crippen molar-refractivity contribution < 1.29 is 9.15 Å². The Kier molecular flexibility index (Phi) is 10.1. The summed E-state index contributed by atoms with van der Waals surface area (Å²) in [6, 6.07) is 10.5. The number of rotatable bonds is 8. The van der Waals surface area contributed by atoms with Crippen LogP contribution in [0.4, 0.5) is 0 Å². The highest BCUT2D eigenvalue weighted by atomic mass is 127. The van der Waals surface area contributed by atoms with E-state index in [4.69, 9.17) is 14.1 Å². The summed E-state index contributed by atoms with van der Waals surface area (Å²) in [5, 5.41) is 7.13. The molecular weight excluding hydrogens is 505 g/mol. The Balaban J connectivity index is 0.00000272. The first-order valence-electron chi connectivity index (χ1n) is 11.2. The van der Waals surface area contributed by atoms with Crippen LogP contribution in [0.1, 0.15) is 37.1 Å². The van der Waals surface area contributed by atoms with Gasteiger partial charge in [-0.1, -0.05) is 6.07 Å². The summed E-state index contributed by atoms with van der Waals surface area (Å²) < 4.78 is 11.2. The molecule has 0 radical (unpaired) electrons. The van der Waals surface area contributed by atoms with Gasteiger partial charge in [-0.05, 0) is 49.9 Å². The van der Waals surface area contributed by atoms with Gasteiger partial charge in [-0.25, -0.2) is 0 Å². The third-order valence-electron chi connectivity index (χ3n) is 5.76. The monoisotopic (exact) mass is 539 g/mol. The minimum Gasteiger partial charge on any atom is -0.469 e. The van der Waals surface area contributed by atoms with Crippen LogP contribution in [-0.2, 0) is 17.7 Å². The topological polar surface area (TPSA) is 74.9 Å². The largest absolute Gasteiger partial charge is 0.469 e. The molecule has 2 N–H and O–H groups in total. The van der Waals surface area contributed by atoms with Crippen LogP contribution in [0.15, 0.2) is 52.2 Å². The van der Waals surface area contributed by atoms with Crippen LogP contribution >= 0.6 is 24.0 Å². The first kappa shape index (κ1) is 24.0. The number of hydrogen-bond acceptors (Lipinski definition) is 5. The van der Waals surface area contributed by atoms with E-state index in [2.05, 4.69) is 32.7 Å². The molecule has 0 amide bonds. The minimum absolute atomic E-state index is 0. The highest BCUT2D eigenvalue weighted by Gasteiger charge is 2.21. The van der Waals surface area contributed by atoms with Gasteiger partial charge in [-0.3, -0.25) is 14.9 Å². The van der Waals surface area contributed by atoms with Crippen LogP contribution in [0, 0.1) is 0 Å². The molecule has 1 unspecified atom stereocenters. The molecule has 4 rings (SSSR count). The number of likely N-dealkylation sites (tertiary alicyclic amines) is 1. The second-order valence-corrected chi connectivity index (χ2v) is 8.10. The molecule has 7 nitrogen and oxygen atoms in total. The fraction of sp³-hybridized carbons (Fsp3) is 0.565. The molecule has 0 saturated carbocycles. The average molecular weight is 539 g/mol. The van der Waals surface area contributed by atoms with E-state index in [0.29, 0.717) is 12.6 Å². The van der Waals surface area contributed by atoms with Gasteiger partial charge in [0.2, 0.25) is 0 Å². The maximum absolute atomic E-state index is 5.74. The molecule has 0 aliphatic carbocycles. The summed E-state index contributed by atoms with van der Waals surface area (Å²) in [5.74, 6) is 1.88. The highest BCUT2D eigenvalue weighted by molar-refractivity contribution is 14.0. The van der Waals surface area contributed by atoms with Gasteiger partial charge in [-0.15, -0.1) is 24.0 Å². The smallest absolute Gasteiger partial charge is 0.191 e. The first-order valence-corrected chi connectivity index (χ1v) is 11.2. The predicted molar refractivity (Wildman–Crippen MR) is 133 cm³/mol. The van der Waals surface area contributed by atoms with Gasteiger partial charge in [-0.2, -0.15) is 0 Å².